The Balaban J connectivity index is 2.22. The largest absolute Gasteiger partial charge is 0.452 e. The summed E-state index contributed by atoms with van der Waals surface area (Å²) < 4.78 is 45.2. The number of nitrogens with one attached hydrogen (secondary N) is 5. The molecule has 1 saturated heterocycles. The van der Waals surface area contributed by atoms with Gasteiger partial charge in [-0.25, -0.2) is 0 Å². The molecule has 0 aromatic carbocycles. The van der Waals surface area contributed by atoms with Crippen molar-refractivity contribution in [2.45, 2.75) is 88.5 Å². The number of hydrogen-bond donors (Lipinski definition) is 7. The standard InChI is InChI=1S/C27H43F3N8O7/c28-27(29,30)22(41)17-6-1-3-11-33-20(39)14-45-15-21(40)36-18(7-2-4-12-34-23(42)16-9-10-16)24(43)38-19(25(44)37-17)8-5-13-35-26(31)32/h16-19H,1-15H2,(H,33,39)(H,34,42)(H,36,40)(H,37,44)(H,38,43)(H4,31,32,35)/t17-,18-,19-/m0/s1. The van der Waals surface area contributed by atoms with Gasteiger partial charge < -0.3 is 42.8 Å². The normalized spacial score (nSPS) is 22.9. The average molecular weight is 649 g/mol. The Hall–Kier alpha value is -3.96. The zero-order valence-electron chi connectivity index (χ0n) is 25.0. The molecule has 9 N–H and O–H groups in total. The third-order valence-corrected chi connectivity index (χ3v) is 7.02. The van der Waals surface area contributed by atoms with E-state index in [1.54, 1.807) is 0 Å². The molecule has 2 fully saturated rings. The first-order valence-corrected chi connectivity index (χ1v) is 15.0. The highest BCUT2D eigenvalue weighted by Gasteiger charge is 2.44. The lowest BCUT2D eigenvalue weighted by Gasteiger charge is -2.26. The van der Waals surface area contributed by atoms with Gasteiger partial charge in [-0.3, -0.25) is 33.8 Å². The number of aliphatic imine (C=N–C) groups is 1. The molecule has 0 aromatic heterocycles. The van der Waals surface area contributed by atoms with Crippen molar-refractivity contribution in [2.24, 2.45) is 22.4 Å². The molecule has 0 bridgehead atoms. The van der Waals surface area contributed by atoms with Crippen LogP contribution in [0.15, 0.2) is 4.99 Å². The van der Waals surface area contributed by atoms with E-state index in [9.17, 15) is 41.9 Å². The Morgan fingerprint density at radius 3 is 2.18 bits per heavy atom. The lowest BCUT2D eigenvalue weighted by Crippen LogP contribution is -2.57. The third kappa shape index (κ3) is 15.1. The Kier molecular flexibility index (Phi) is 15.5. The van der Waals surface area contributed by atoms with Gasteiger partial charge in [-0.1, -0.05) is 0 Å². The van der Waals surface area contributed by atoms with Gasteiger partial charge in [0.2, 0.25) is 29.5 Å². The number of amides is 5. The predicted octanol–water partition coefficient (Wildman–Crippen LogP) is -1.36. The van der Waals surface area contributed by atoms with Gasteiger partial charge in [-0.2, -0.15) is 13.2 Å². The second-order valence-corrected chi connectivity index (χ2v) is 11.0. The topological polar surface area (TPSA) is 236 Å². The maximum Gasteiger partial charge on any atom is 0.452 e. The van der Waals surface area contributed by atoms with Gasteiger partial charge >= 0.3 is 6.18 Å². The van der Waals surface area contributed by atoms with E-state index in [0.29, 0.717) is 19.4 Å². The van der Waals surface area contributed by atoms with Gasteiger partial charge in [0.1, 0.15) is 25.3 Å². The van der Waals surface area contributed by atoms with E-state index in [0.717, 1.165) is 12.8 Å². The van der Waals surface area contributed by atoms with Crippen molar-refractivity contribution in [2.75, 3.05) is 32.8 Å². The molecule has 1 saturated carbocycles. The van der Waals surface area contributed by atoms with Crippen LogP contribution in [0, 0.1) is 5.92 Å². The van der Waals surface area contributed by atoms with E-state index in [1.165, 1.54) is 0 Å². The number of guanidine groups is 1. The molecule has 0 unspecified atom stereocenters. The van der Waals surface area contributed by atoms with Crippen molar-refractivity contribution in [3.8, 4) is 0 Å². The van der Waals surface area contributed by atoms with Crippen LogP contribution in [0.25, 0.3) is 0 Å². The number of nitrogens with zero attached hydrogens (tertiary/aromatic N) is 1. The molecule has 0 spiro atoms. The third-order valence-electron chi connectivity index (χ3n) is 7.02. The Labute approximate surface area is 258 Å². The number of ether oxygens (including phenoxy) is 1. The van der Waals surface area contributed by atoms with Crippen molar-refractivity contribution < 1.29 is 46.7 Å². The summed E-state index contributed by atoms with van der Waals surface area (Å²) >= 11 is 0. The summed E-state index contributed by atoms with van der Waals surface area (Å²) in [6.07, 6.45) is -2.74. The van der Waals surface area contributed by atoms with E-state index in [2.05, 4.69) is 31.6 Å². The number of rotatable bonds is 11. The van der Waals surface area contributed by atoms with E-state index in [4.69, 9.17) is 16.2 Å². The van der Waals surface area contributed by atoms with Crippen LogP contribution in [0.1, 0.15) is 64.2 Å². The number of ketones is 1. The van der Waals surface area contributed by atoms with Crippen molar-refractivity contribution in [1.82, 2.24) is 26.6 Å². The summed E-state index contributed by atoms with van der Waals surface area (Å²) in [5, 5.41) is 12.4. The second-order valence-electron chi connectivity index (χ2n) is 11.0. The summed E-state index contributed by atoms with van der Waals surface area (Å²) in [4.78, 5) is 78.9. The van der Waals surface area contributed by atoms with E-state index >= 15 is 0 Å². The number of unbranched alkanes of at least 4 members (excludes halogenated alkanes) is 1. The molecule has 0 aromatic rings. The predicted molar refractivity (Wildman–Crippen MR) is 154 cm³/mol. The monoisotopic (exact) mass is 648 g/mol. The highest BCUT2D eigenvalue weighted by atomic mass is 19.4. The summed E-state index contributed by atoms with van der Waals surface area (Å²) in [5.41, 5.74) is 10.6. The molecule has 254 valence electrons. The first-order valence-electron chi connectivity index (χ1n) is 15.0. The van der Waals surface area contributed by atoms with E-state index < -0.39 is 66.9 Å². The van der Waals surface area contributed by atoms with Crippen LogP contribution in [-0.4, -0.2) is 98.4 Å². The maximum absolute atomic E-state index is 13.4. The van der Waals surface area contributed by atoms with Gasteiger partial charge in [0.05, 0.1) is 6.04 Å². The maximum atomic E-state index is 13.4. The Morgan fingerprint density at radius 1 is 0.867 bits per heavy atom. The first kappa shape index (κ1) is 37.2. The first-order chi connectivity index (χ1) is 21.3. The fraction of sp³-hybridized carbons (Fsp3) is 0.741. The summed E-state index contributed by atoms with van der Waals surface area (Å²) in [5.74, 6) is -5.56. The molecule has 0 radical (unpaired) electrons. The number of alkyl halides is 3. The highest BCUT2D eigenvalue weighted by molar-refractivity contribution is 5.96. The van der Waals surface area contributed by atoms with Crippen LogP contribution < -0.4 is 38.1 Å². The zero-order chi connectivity index (χ0) is 33.4. The number of carbonyl (C=O) groups is 6. The molecule has 18 heteroatoms. The van der Waals surface area contributed by atoms with Crippen molar-refractivity contribution in [1.29, 1.82) is 0 Å². The van der Waals surface area contributed by atoms with Gasteiger partial charge in [0, 0.05) is 25.6 Å². The fourth-order valence-corrected chi connectivity index (χ4v) is 4.45. The lowest BCUT2D eigenvalue weighted by molar-refractivity contribution is -0.174. The van der Waals surface area contributed by atoms with Gasteiger partial charge in [-0.05, 0) is 64.2 Å². The van der Waals surface area contributed by atoms with Crippen molar-refractivity contribution >= 4 is 41.3 Å². The molecule has 2 aliphatic rings. The minimum atomic E-state index is -5.24. The van der Waals surface area contributed by atoms with Crippen LogP contribution in [0.3, 0.4) is 0 Å². The van der Waals surface area contributed by atoms with E-state index in [1.807, 2.05) is 0 Å². The fourth-order valence-electron chi connectivity index (χ4n) is 4.45. The molecule has 3 atom stereocenters. The summed E-state index contributed by atoms with van der Waals surface area (Å²) in [7, 11) is 0. The molecule has 1 aliphatic heterocycles. The number of Topliss-reactive ketones (excluding diaryl/α,β-unsaturated/α-hetero) is 1. The number of halogens is 3. The Morgan fingerprint density at radius 2 is 1.51 bits per heavy atom. The SMILES string of the molecule is NC(N)=NCCC[C@@H]1NC(=O)[C@H](CCCCNC(=O)C2CC2)NC(=O)COCC(=O)NCCCC[C@@H](C(=O)C(F)(F)F)NC1=O. The zero-order valence-corrected chi connectivity index (χ0v) is 25.0. The van der Waals surface area contributed by atoms with Gasteiger partial charge in [-0.15, -0.1) is 0 Å². The molecule has 2 rings (SSSR count). The van der Waals surface area contributed by atoms with Crippen LogP contribution >= 0.6 is 0 Å². The smallest absolute Gasteiger partial charge is 0.370 e. The summed E-state index contributed by atoms with van der Waals surface area (Å²) in [6.45, 7) is -0.572. The molecule has 1 aliphatic carbocycles. The average Bonchev–Trinajstić information content (AvgIpc) is 3.81. The van der Waals surface area contributed by atoms with Crippen LogP contribution in [0.5, 0.6) is 0 Å². The molecular weight excluding hydrogens is 605 g/mol. The minimum Gasteiger partial charge on any atom is -0.370 e. The molecule has 15 nitrogen and oxygen atoms in total. The van der Waals surface area contributed by atoms with Gasteiger partial charge in [0.25, 0.3) is 5.78 Å². The quantitative estimate of drug-likeness (QED) is 0.0795. The molecule has 5 amide bonds. The van der Waals surface area contributed by atoms with E-state index in [-0.39, 0.29) is 69.4 Å². The second kappa shape index (κ2) is 18.8. The van der Waals surface area contributed by atoms with Crippen molar-refractivity contribution in [3.63, 3.8) is 0 Å². The van der Waals surface area contributed by atoms with Crippen LogP contribution in [0.4, 0.5) is 13.2 Å². The minimum absolute atomic E-state index is 0.0278. The molecule has 1 heterocycles. The van der Waals surface area contributed by atoms with Gasteiger partial charge in [0.15, 0.2) is 5.96 Å². The number of hydrogen-bond acceptors (Lipinski definition) is 8. The molecular formula is C27H43F3N8O7. The molecule has 45 heavy (non-hydrogen) atoms. The number of carbonyl (C=O) groups excluding carboxylic acids is 6. The van der Waals surface area contributed by atoms with Crippen LogP contribution in [0.2, 0.25) is 0 Å². The van der Waals surface area contributed by atoms with Crippen LogP contribution in [-0.2, 0) is 33.5 Å². The lowest BCUT2D eigenvalue weighted by atomic mass is 10.0. The van der Waals surface area contributed by atoms with Crippen molar-refractivity contribution in [3.05, 3.63) is 0 Å². The highest BCUT2D eigenvalue weighted by Crippen LogP contribution is 2.28. The number of nitrogens with two attached hydrogens (primary N) is 2. The Bertz CT molecular complexity index is 1080. The summed E-state index contributed by atoms with van der Waals surface area (Å²) in [6, 6.07) is -4.54.